The maximum Gasteiger partial charge on any atom is 0.354 e. The Morgan fingerprint density at radius 2 is 2.16 bits per heavy atom. The van der Waals surface area contributed by atoms with Crippen molar-refractivity contribution in [1.29, 1.82) is 0 Å². The van der Waals surface area contributed by atoms with Gasteiger partial charge < -0.3 is 15.5 Å². The highest BCUT2D eigenvalue weighted by molar-refractivity contribution is 5.68. The van der Waals surface area contributed by atoms with Gasteiger partial charge in [0.2, 0.25) is 11.6 Å². The second-order valence-electron chi connectivity index (χ2n) is 3.71. The van der Waals surface area contributed by atoms with Crippen molar-refractivity contribution in [3.8, 4) is 0 Å². The van der Waals surface area contributed by atoms with Crippen LogP contribution in [0.4, 0.5) is 17.3 Å². The number of hydrogen-bond donors (Lipinski definition) is 3. The molecule has 19 heavy (non-hydrogen) atoms. The zero-order valence-electron chi connectivity index (χ0n) is 10.8. The number of nitrogen functional groups attached to an aromatic ring is 1. The molecule has 0 atom stereocenters. The summed E-state index contributed by atoms with van der Waals surface area (Å²) < 4.78 is 5.30. The first kappa shape index (κ1) is 15.1. The van der Waals surface area contributed by atoms with E-state index in [4.69, 9.17) is 10.6 Å². The number of nitro groups is 1. The maximum absolute atomic E-state index is 10.9. The number of hydrogen-bond acceptors (Lipinski definition) is 8. The van der Waals surface area contributed by atoms with Crippen molar-refractivity contribution >= 4 is 17.3 Å². The molecule has 4 N–H and O–H groups in total. The van der Waals surface area contributed by atoms with Gasteiger partial charge in [0.25, 0.3) is 0 Å². The van der Waals surface area contributed by atoms with Crippen LogP contribution in [0.5, 0.6) is 0 Å². The Morgan fingerprint density at radius 1 is 1.42 bits per heavy atom. The fourth-order valence-corrected chi connectivity index (χ4v) is 1.41. The average molecular weight is 270 g/mol. The van der Waals surface area contributed by atoms with E-state index in [1.54, 1.807) is 0 Å². The van der Waals surface area contributed by atoms with Crippen LogP contribution in [0, 0.1) is 10.1 Å². The highest BCUT2D eigenvalue weighted by atomic mass is 16.6. The number of nitrogens with two attached hydrogens (primary N) is 1. The van der Waals surface area contributed by atoms with Gasteiger partial charge in [-0.3, -0.25) is 10.1 Å². The lowest BCUT2D eigenvalue weighted by molar-refractivity contribution is -0.383. The lowest BCUT2D eigenvalue weighted by Crippen LogP contribution is -2.14. The molecule has 0 aromatic carbocycles. The number of anilines is 2. The van der Waals surface area contributed by atoms with Crippen molar-refractivity contribution in [3.05, 3.63) is 16.4 Å². The molecule has 0 aliphatic rings. The van der Waals surface area contributed by atoms with Gasteiger partial charge in [0, 0.05) is 19.8 Å². The molecule has 0 saturated heterocycles. The van der Waals surface area contributed by atoms with Crippen LogP contribution in [-0.4, -0.2) is 34.6 Å². The topological polar surface area (TPSA) is 128 Å². The summed E-state index contributed by atoms with van der Waals surface area (Å²) in [4.78, 5) is 17.9. The standard InChI is InChI=1S/C10H18N6O3/c1-2-5-19-6-3-4-12-9-8(16(17)18)10(15-11)14-7-13-9/h7H,2-6,11H2,1H3,(H2,12,13,14,15). The van der Waals surface area contributed by atoms with E-state index >= 15 is 0 Å². The third-order valence-corrected chi connectivity index (χ3v) is 2.25. The molecule has 0 bridgehead atoms. The molecule has 0 amide bonds. The maximum atomic E-state index is 10.9. The van der Waals surface area contributed by atoms with Gasteiger partial charge in [0.05, 0.1) is 4.92 Å². The SMILES string of the molecule is CCCOCCCNc1ncnc(NN)c1[N+](=O)[O-]. The van der Waals surface area contributed by atoms with Gasteiger partial charge in [-0.05, 0) is 12.8 Å². The zero-order chi connectivity index (χ0) is 14.1. The van der Waals surface area contributed by atoms with Crippen LogP contribution in [0.1, 0.15) is 19.8 Å². The normalized spacial score (nSPS) is 10.2. The predicted molar refractivity (Wildman–Crippen MR) is 70.7 cm³/mol. The van der Waals surface area contributed by atoms with Crippen LogP contribution in [0.2, 0.25) is 0 Å². The Hall–Kier alpha value is -2.00. The van der Waals surface area contributed by atoms with Crippen LogP contribution < -0.4 is 16.6 Å². The van der Waals surface area contributed by atoms with Crippen LogP contribution >= 0.6 is 0 Å². The summed E-state index contributed by atoms with van der Waals surface area (Å²) in [5.74, 6) is 5.29. The molecule has 1 aromatic rings. The number of rotatable bonds is 9. The van der Waals surface area contributed by atoms with Gasteiger partial charge in [-0.1, -0.05) is 6.92 Å². The van der Waals surface area contributed by atoms with Gasteiger partial charge in [0.15, 0.2) is 0 Å². The third kappa shape index (κ3) is 4.64. The summed E-state index contributed by atoms with van der Waals surface area (Å²) in [6.07, 6.45) is 2.90. The van der Waals surface area contributed by atoms with Gasteiger partial charge in [0.1, 0.15) is 6.33 Å². The van der Waals surface area contributed by atoms with E-state index in [9.17, 15) is 10.1 Å². The Bertz CT molecular complexity index is 414. The van der Waals surface area contributed by atoms with E-state index in [1.807, 2.05) is 6.92 Å². The van der Waals surface area contributed by atoms with Crippen molar-refractivity contribution in [2.24, 2.45) is 5.84 Å². The smallest absolute Gasteiger partial charge is 0.354 e. The van der Waals surface area contributed by atoms with Gasteiger partial charge >= 0.3 is 5.69 Å². The van der Waals surface area contributed by atoms with E-state index in [0.29, 0.717) is 13.2 Å². The van der Waals surface area contributed by atoms with E-state index in [2.05, 4.69) is 20.7 Å². The molecule has 9 heteroatoms. The average Bonchev–Trinajstić information content (AvgIpc) is 2.42. The number of hydrazine groups is 1. The summed E-state index contributed by atoms with van der Waals surface area (Å²) >= 11 is 0. The minimum atomic E-state index is -0.578. The summed E-state index contributed by atoms with van der Waals surface area (Å²) in [6.45, 7) is 3.87. The monoisotopic (exact) mass is 270 g/mol. The lowest BCUT2D eigenvalue weighted by Gasteiger charge is -2.08. The number of aromatic nitrogens is 2. The fraction of sp³-hybridized carbons (Fsp3) is 0.600. The van der Waals surface area contributed by atoms with Crippen LogP contribution in [0.15, 0.2) is 6.33 Å². The molecule has 0 spiro atoms. The highest BCUT2D eigenvalue weighted by Crippen LogP contribution is 2.27. The molecule has 1 heterocycles. The molecule has 0 unspecified atom stereocenters. The molecule has 0 radical (unpaired) electrons. The van der Waals surface area contributed by atoms with E-state index < -0.39 is 4.92 Å². The molecule has 0 aliphatic carbocycles. The molecule has 0 fully saturated rings. The number of nitrogens with zero attached hydrogens (tertiary/aromatic N) is 3. The van der Waals surface area contributed by atoms with Crippen molar-refractivity contribution in [1.82, 2.24) is 9.97 Å². The molecule has 1 aromatic heterocycles. The molecule has 1 rings (SSSR count). The first-order valence-corrected chi connectivity index (χ1v) is 5.98. The third-order valence-electron chi connectivity index (χ3n) is 2.25. The van der Waals surface area contributed by atoms with E-state index in [1.165, 1.54) is 6.33 Å². The van der Waals surface area contributed by atoms with Crippen molar-refractivity contribution < 1.29 is 9.66 Å². The van der Waals surface area contributed by atoms with Crippen molar-refractivity contribution in [3.63, 3.8) is 0 Å². The summed E-state index contributed by atoms with van der Waals surface area (Å²) in [7, 11) is 0. The number of ether oxygens (including phenoxy) is 1. The molecule has 106 valence electrons. The predicted octanol–water partition coefficient (Wildman–Crippen LogP) is 0.899. The summed E-state index contributed by atoms with van der Waals surface area (Å²) in [5, 5.41) is 13.8. The first-order chi connectivity index (χ1) is 9.20. The second-order valence-corrected chi connectivity index (χ2v) is 3.71. The molecule has 9 nitrogen and oxygen atoms in total. The minimum Gasteiger partial charge on any atom is -0.381 e. The lowest BCUT2D eigenvalue weighted by atomic mass is 10.4. The van der Waals surface area contributed by atoms with Gasteiger partial charge in [-0.15, -0.1) is 0 Å². The fourth-order valence-electron chi connectivity index (χ4n) is 1.41. The molecular weight excluding hydrogens is 252 g/mol. The van der Waals surface area contributed by atoms with Crippen LogP contribution in [0.3, 0.4) is 0 Å². The second kappa shape index (κ2) is 8.16. The van der Waals surface area contributed by atoms with Crippen molar-refractivity contribution in [2.45, 2.75) is 19.8 Å². The Morgan fingerprint density at radius 3 is 2.79 bits per heavy atom. The Kier molecular flexibility index (Phi) is 6.47. The van der Waals surface area contributed by atoms with Crippen molar-refractivity contribution in [2.75, 3.05) is 30.5 Å². The van der Waals surface area contributed by atoms with Gasteiger partial charge in [-0.2, -0.15) is 0 Å². The zero-order valence-corrected chi connectivity index (χ0v) is 10.8. The Labute approximate surface area is 110 Å². The highest BCUT2D eigenvalue weighted by Gasteiger charge is 2.21. The Balaban J connectivity index is 2.55. The minimum absolute atomic E-state index is 0.0234. The largest absolute Gasteiger partial charge is 0.381 e. The van der Waals surface area contributed by atoms with Crippen LogP contribution in [0.25, 0.3) is 0 Å². The van der Waals surface area contributed by atoms with E-state index in [-0.39, 0.29) is 17.3 Å². The quantitative estimate of drug-likeness (QED) is 0.261. The van der Waals surface area contributed by atoms with Gasteiger partial charge in [-0.25, -0.2) is 15.8 Å². The summed E-state index contributed by atoms with van der Waals surface area (Å²) in [5.41, 5.74) is 1.91. The molecule has 0 saturated carbocycles. The van der Waals surface area contributed by atoms with E-state index in [0.717, 1.165) is 19.4 Å². The molecular formula is C10H18N6O3. The number of nitrogens with one attached hydrogen (secondary N) is 2. The molecule has 0 aliphatic heterocycles. The van der Waals surface area contributed by atoms with Crippen LogP contribution in [-0.2, 0) is 4.74 Å². The summed E-state index contributed by atoms with van der Waals surface area (Å²) in [6, 6.07) is 0. The first-order valence-electron chi connectivity index (χ1n) is 5.98.